The van der Waals surface area contributed by atoms with Crippen LogP contribution in [0.3, 0.4) is 0 Å². The number of hydrogen-bond acceptors (Lipinski definition) is 7. The maximum Gasteiger partial charge on any atom is 0.352 e. The van der Waals surface area contributed by atoms with Crippen molar-refractivity contribution >= 4 is 17.6 Å². The Labute approximate surface area is 170 Å². The molecule has 0 fully saturated rings. The Morgan fingerprint density at radius 2 is 1.83 bits per heavy atom. The molecule has 0 saturated heterocycles. The zero-order valence-corrected chi connectivity index (χ0v) is 16.2. The number of phenols is 1. The Balaban J connectivity index is 2.01. The number of esters is 1. The molecular weight excluding hydrogens is 392 g/mol. The number of nitrogens with one attached hydrogen (secondary N) is 1. The molecule has 3 aromatic rings. The molecule has 10 nitrogen and oxygen atoms in total. The van der Waals surface area contributed by atoms with Gasteiger partial charge in [0.25, 0.3) is 5.56 Å². The van der Waals surface area contributed by atoms with Crippen LogP contribution in [0, 0.1) is 0 Å². The second-order valence-corrected chi connectivity index (χ2v) is 6.34. The topological polar surface area (TPSA) is 133 Å². The van der Waals surface area contributed by atoms with Crippen LogP contribution in [0.25, 0.3) is 5.69 Å². The number of phenolic OH excluding ortho intramolecular Hbond substituents is 1. The number of aromatic nitrogens is 3. The molecule has 10 heteroatoms. The lowest BCUT2D eigenvalue weighted by atomic mass is 10.1. The number of hydrogen-bond donors (Lipinski definition) is 2. The van der Waals surface area contributed by atoms with E-state index in [0.717, 1.165) is 15.4 Å². The first-order chi connectivity index (χ1) is 14.3. The lowest BCUT2D eigenvalue weighted by Gasteiger charge is -2.12. The van der Waals surface area contributed by atoms with Gasteiger partial charge in [0.2, 0.25) is 5.91 Å². The van der Waals surface area contributed by atoms with Crippen molar-refractivity contribution in [1.29, 1.82) is 0 Å². The van der Waals surface area contributed by atoms with E-state index >= 15 is 0 Å². The van der Waals surface area contributed by atoms with Crippen LogP contribution in [0.1, 0.15) is 22.8 Å². The number of aromatic hydroxyl groups is 1. The molecule has 0 saturated carbocycles. The molecular formula is C20H18N4O6. The van der Waals surface area contributed by atoms with Crippen molar-refractivity contribution in [3.8, 4) is 11.4 Å². The molecule has 1 aromatic heterocycles. The second-order valence-electron chi connectivity index (χ2n) is 6.34. The molecule has 0 aliphatic carbocycles. The number of carbonyl (C=O) groups is 2. The third-order valence-corrected chi connectivity index (χ3v) is 4.20. The van der Waals surface area contributed by atoms with Gasteiger partial charge in [-0.2, -0.15) is 9.78 Å². The number of carbonyl (C=O) groups excluding carboxylic acids is 2. The number of nitrogens with zero attached hydrogens (tertiary/aromatic N) is 3. The van der Waals surface area contributed by atoms with Gasteiger partial charge in [-0.1, -0.05) is 12.1 Å². The Morgan fingerprint density at radius 3 is 2.47 bits per heavy atom. The number of amides is 1. The average molecular weight is 410 g/mol. The van der Waals surface area contributed by atoms with E-state index in [4.69, 9.17) is 0 Å². The van der Waals surface area contributed by atoms with Gasteiger partial charge in [-0.25, -0.2) is 9.59 Å². The van der Waals surface area contributed by atoms with E-state index in [0.29, 0.717) is 16.8 Å². The predicted molar refractivity (Wildman–Crippen MR) is 107 cm³/mol. The molecule has 0 aliphatic heterocycles. The summed E-state index contributed by atoms with van der Waals surface area (Å²) in [5.74, 6) is -1.09. The van der Waals surface area contributed by atoms with Gasteiger partial charge in [0.1, 0.15) is 17.6 Å². The van der Waals surface area contributed by atoms with Crippen LogP contribution in [0.2, 0.25) is 0 Å². The fourth-order valence-corrected chi connectivity index (χ4v) is 2.77. The molecule has 0 unspecified atom stereocenters. The fraction of sp³-hybridized carbons (Fsp3) is 0.150. The number of benzene rings is 2. The summed E-state index contributed by atoms with van der Waals surface area (Å²) in [6, 6.07) is 10.4. The van der Waals surface area contributed by atoms with Crippen molar-refractivity contribution in [1.82, 2.24) is 14.3 Å². The maximum atomic E-state index is 12.9. The molecule has 0 spiro atoms. The van der Waals surface area contributed by atoms with E-state index in [-0.39, 0.29) is 23.9 Å². The normalized spacial score (nSPS) is 10.5. The Bertz CT molecular complexity index is 1230. The van der Waals surface area contributed by atoms with E-state index < -0.39 is 17.2 Å². The molecule has 1 heterocycles. The van der Waals surface area contributed by atoms with Gasteiger partial charge in [-0.3, -0.25) is 14.2 Å². The van der Waals surface area contributed by atoms with E-state index in [1.807, 2.05) is 0 Å². The van der Waals surface area contributed by atoms with Crippen LogP contribution in [-0.2, 0) is 16.1 Å². The highest BCUT2D eigenvalue weighted by molar-refractivity contribution is 5.89. The lowest BCUT2D eigenvalue weighted by Crippen LogP contribution is -2.40. The molecule has 154 valence electrons. The SMILES string of the molecule is COC(=O)c1ccc(Cn2c(=O)cnn(-c3cc(NC(C)=O)ccc3O)c2=O)cc1. The summed E-state index contributed by atoms with van der Waals surface area (Å²) < 4.78 is 6.44. The highest BCUT2D eigenvalue weighted by Gasteiger charge is 2.14. The van der Waals surface area contributed by atoms with Crippen molar-refractivity contribution in [3.63, 3.8) is 0 Å². The summed E-state index contributed by atoms with van der Waals surface area (Å²) in [7, 11) is 1.27. The molecule has 0 radical (unpaired) electrons. The minimum absolute atomic E-state index is 0.000962. The van der Waals surface area contributed by atoms with Crippen LogP contribution in [0.15, 0.2) is 58.3 Å². The molecule has 2 aromatic carbocycles. The van der Waals surface area contributed by atoms with Gasteiger partial charge in [0, 0.05) is 12.6 Å². The number of rotatable bonds is 5. The molecule has 0 bridgehead atoms. The quantitative estimate of drug-likeness (QED) is 0.471. The summed E-state index contributed by atoms with van der Waals surface area (Å²) in [6.07, 6.45) is 0.953. The predicted octanol–water partition coefficient (Wildman–Crippen LogP) is 0.893. The fourth-order valence-electron chi connectivity index (χ4n) is 2.77. The first-order valence-electron chi connectivity index (χ1n) is 8.77. The molecule has 1 amide bonds. The van der Waals surface area contributed by atoms with Gasteiger partial charge in [-0.15, -0.1) is 0 Å². The van der Waals surface area contributed by atoms with Crippen LogP contribution < -0.4 is 16.6 Å². The Hall–Kier alpha value is -4.21. The summed E-state index contributed by atoms with van der Waals surface area (Å²) in [5, 5.41) is 16.5. The van der Waals surface area contributed by atoms with Crippen molar-refractivity contribution in [2.75, 3.05) is 12.4 Å². The Morgan fingerprint density at radius 1 is 1.13 bits per heavy atom. The number of anilines is 1. The highest BCUT2D eigenvalue weighted by atomic mass is 16.5. The van der Waals surface area contributed by atoms with Crippen LogP contribution in [0.4, 0.5) is 5.69 Å². The zero-order valence-electron chi connectivity index (χ0n) is 16.2. The molecule has 3 rings (SSSR count). The first-order valence-corrected chi connectivity index (χ1v) is 8.77. The lowest BCUT2D eigenvalue weighted by molar-refractivity contribution is -0.114. The summed E-state index contributed by atoms with van der Waals surface area (Å²) in [6.45, 7) is 1.25. The third-order valence-electron chi connectivity index (χ3n) is 4.20. The van der Waals surface area contributed by atoms with Crippen molar-refractivity contribution < 1.29 is 19.4 Å². The standard InChI is InChI=1S/C20H18N4O6/c1-12(25)22-15-7-8-17(26)16(9-15)24-20(29)23(18(27)10-21-24)11-13-3-5-14(6-4-13)19(28)30-2/h3-10,26H,11H2,1-2H3,(H,22,25). The van der Waals surface area contributed by atoms with Gasteiger partial charge in [-0.05, 0) is 35.9 Å². The molecule has 30 heavy (non-hydrogen) atoms. The average Bonchev–Trinajstić information content (AvgIpc) is 2.72. The third kappa shape index (κ3) is 4.27. The molecule has 0 aliphatic rings. The van der Waals surface area contributed by atoms with Crippen LogP contribution in [0.5, 0.6) is 5.75 Å². The minimum Gasteiger partial charge on any atom is -0.506 e. The summed E-state index contributed by atoms with van der Waals surface area (Å²) in [4.78, 5) is 47.9. The van der Waals surface area contributed by atoms with Gasteiger partial charge >= 0.3 is 11.7 Å². The van der Waals surface area contributed by atoms with Crippen LogP contribution in [-0.4, -0.2) is 38.4 Å². The van der Waals surface area contributed by atoms with E-state index in [1.54, 1.807) is 12.1 Å². The van der Waals surface area contributed by atoms with Crippen LogP contribution >= 0.6 is 0 Å². The highest BCUT2D eigenvalue weighted by Crippen LogP contribution is 2.23. The van der Waals surface area contributed by atoms with E-state index in [1.165, 1.54) is 44.4 Å². The minimum atomic E-state index is -0.783. The largest absolute Gasteiger partial charge is 0.506 e. The van der Waals surface area contributed by atoms with E-state index in [2.05, 4.69) is 15.2 Å². The van der Waals surface area contributed by atoms with E-state index in [9.17, 15) is 24.3 Å². The number of ether oxygens (including phenoxy) is 1. The number of methoxy groups -OCH3 is 1. The van der Waals surface area contributed by atoms with Gasteiger partial charge < -0.3 is 15.2 Å². The van der Waals surface area contributed by atoms with Gasteiger partial charge in [0.05, 0.1) is 19.2 Å². The maximum absolute atomic E-state index is 12.9. The summed E-state index contributed by atoms with van der Waals surface area (Å²) in [5.41, 5.74) is -0.141. The zero-order chi connectivity index (χ0) is 21.8. The van der Waals surface area contributed by atoms with Crippen molar-refractivity contribution in [2.45, 2.75) is 13.5 Å². The van der Waals surface area contributed by atoms with Crippen molar-refractivity contribution in [2.24, 2.45) is 0 Å². The molecule has 2 N–H and O–H groups in total. The Kier molecular flexibility index (Phi) is 5.77. The summed E-state index contributed by atoms with van der Waals surface area (Å²) >= 11 is 0. The van der Waals surface area contributed by atoms with Gasteiger partial charge in [0.15, 0.2) is 0 Å². The van der Waals surface area contributed by atoms with Crippen molar-refractivity contribution in [3.05, 3.63) is 80.6 Å². The first kappa shape index (κ1) is 20.5. The molecule has 0 atom stereocenters. The monoisotopic (exact) mass is 410 g/mol. The smallest absolute Gasteiger partial charge is 0.352 e. The second kappa shape index (κ2) is 8.43.